The molecule has 0 bridgehead atoms. The van der Waals surface area contributed by atoms with Gasteiger partial charge in [0, 0.05) is 17.8 Å². The molecule has 1 heterocycles. The van der Waals surface area contributed by atoms with E-state index in [1.165, 1.54) is 5.56 Å². The van der Waals surface area contributed by atoms with Crippen molar-refractivity contribution in [2.45, 2.75) is 53.8 Å². The average Bonchev–Trinajstić information content (AvgIpc) is 2.58. The minimum absolute atomic E-state index is 0. The van der Waals surface area contributed by atoms with Crippen molar-refractivity contribution in [3.05, 3.63) is 58.9 Å². The minimum Gasteiger partial charge on any atom is -0.491 e. The van der Waals surface area contributed by atoms with Crippen LogP contribution in [0.15, 0.2) is 41.4 Å². The van der Waals surface area contributed by atoms with Crippen LogP contribution in [0.3, 0.4) is 0 Å². The minimum atomic E-state index is 0. The van der Waals surface area contributed by atoms with Gasteiger partial charge < -0.3 is 15.4 Å². The number of pyridine rings is 1. The van der Waals surface area contributed by atoms with Crippen LogP contribution in [0.5, 0.6) is 5.75 Å². The van der Waals surface area contributed by atoms with Crippen LogP contribution in [0.4, 0.5) is 0 Å². The number of halogens is 1. The molecular formula is C21H31IN4O. The Bertz CT molecular complexity index is 747. The maximum atomic E-state index is 5.94. The van der Waals surface area contributed by atoms with Crippen molar-refractivity contribution >= 4 is 29.9 Å². The zero-order valence-corrected chi connectivity index (χ0v) is 19.2. The lowest BCUT2D eigenvalue weighted by molar-refractivity contribution is 0.240. The summed E-state index contributed by atoms with van der Waals surface area (Å²) in [4.78, 5) is 9.22. The molecule has 5 nitrogen and oxygen atoms in total. The number of aryl methyl sites for hydroxylation is 2. The van der Waals surface area contributed by atoms with E-state index in [9.17, 15) is 0 Å². The number of aliphatic imine (C=N–C) groups is 1. The van der Waals surface area contributed by atoms with Crippen LogP contribution < -0.4 is 15.4 Å². The van der Waals surface area contributed by atoms with Gasteiger partial charge in [-0.3, -0.25) is 4.98 Å². The molecule has 0 aliphatic heterocycles. The van der Waals surface area contributed by atoms with Crippen molar-refractivity contribution in [3.8, 4) is 5.75 Å². The Morgan fingerprint density at radius 3 is 2.59 bits per heavy atom. The number of nitrogens with zero attached hydrogens (tertiary/aromatic N) is 2. The number of rotatable bonds is 7. The van der Waals surface area contributed by atoms with Crippen molar-refractivity contribution in [2.24, 2.45) is 4.99 Å². The predicted molar refractivity (Wildman–Crippen MR) is 123 cm³/mol. The molecule has 0 spiro atoms. The molecule has 6 heteroatoms. The zero-order valence-electron chi connectivity index (χ0n) is 16.9. The Morgan fingerprint density at radius 2 is 1.93 bits per heavy atom. The molecule has 0 atom stereocenters. The molecule has 2 rings (SSSR count). The van der Waals surface area contributed by atoms with Crippen LogP contribution in [0.1, 0.15) is 43.3 Å². The smallest absolute Gasteiger partial charge is 0.191 e. The molecule has 27 heavy (non-hydrogen) atoms. The van der Waals surface area contributed by atoms with Gasteiger partial charge in [0.15, 0.2) is 5.96 Å². The third kappa shape index (κ3) is 8.15. The van der Waals surface area contributed by atoms with Crippen LogP contribution in [0, 0.1) is 13.8 Å². The van der Waals surface area contributed by atoms with E-state index in [2.05, 4.69) is 47.7 Å². The summed E-state index contributed by atoms with van der Waals surface area (Å²) < 4.78 is 5.94. The number of aromatic nitrogens is 1. The number of ether oxygens (including phenoxy) is 1. The highest BCUT2D eigenvalue weighted by atomic mass is 127. The van der Waals surface area contributed by atoms with E-state index in [0.29, 0.717) is 13.1 Å². The van der Waals surface area contributed by atoms with Crippen LogP contribution in [-0.4, -0.2) is 23.6 Å². The van der Waals surface area contributed by atoms with E-state index < -0.39 is 0 Å². The highest BCUT2D eigenvalue weighted by molar-refractivity contribution is 14.0. The number of hydrogen-bond acceptors (Lipinski definition) is 3. The monoisotopic (exact) mass is 482 g/mol. The number of benzene rings is 1. The molecule has 148 valence electrons. The number of nitrogens with one attached hydrogen (secondary N) is 2. The van der Waals surface area contributed by atoms with Crippen molar-refractivity contribution in [1.29, 1.82) is 0 Å². The van der Waals surface area contributed by atoms with E-state index in [-0.39, 0.29) is 30.1 Å². The second kappa shape index (κ2) is 11.8. The van der Waals surface area contributed by atoms with Crippen molar-refractivity contribution in [2.75, 3.05) is 6.54 Å². The Labute approximate surface area is 180 Å². The first-order valence-electron chi connectivity index (χ1n) is 9.18. The molecule has 0 saturated heterocycles. The Hall–Kier alpha value is -1.83. The molecule has 0 fully saturated rings. The quantitative estimate of drug-likeness (QED) is 0.350. The molecule has 0 radical (unpaired) electrons. The topological polar surface area (TPSA) is 58.5 Å². The molecule has 2 N–H and O–H groups in total. The third-order valence-electron chi connectivity index (χ3n) is 3.72. The highest BCUT2D eigenvalue weighted by Gasteiger charge is 2.07. The zero-order chi connectivity index (χ0) is 18.9. The largest absolute Gasteiger partial charge is 0.491 e. The Kier molecular flexibility index (Phi) is 10.1. The average molecular weight is 482 g/mol. The summed E-state index contributed by atoms with van der Waals surface area (Å²) >= 11 is 0. The highest BCUT2D eigenvalue weighted by Crippen LogP contribution is 2.22. The first-order valence-corrected chi connectivity index (χ1v) is 9.18. The lowest BCUT2D eigenvalue weighted by Crippen LogP contribution is -2.37. The van der Waals surface area contributed by atoms with Gasteiger partial charge in [0.1, 0.15) is 5.75 Å². The maximum Gasteiger partial charge on any atom is 0.191 e. The predicted octanol–water partition coefficient (Wildman–Crippen LogP) is 4.36. The van der Waals surface area contributed by atoms with E-state index in [4.69, 9.17) is 9.73 Å². The van der Waals surface area contributed by atoms with Gasteiger partial charge in [0.25, 0.3) is 0 Å². The lowest BCUT2D eigenvalue weighted by Gasteiger charge is -2.15. The SMILES string of the molecule is CCNC(=NCc1ccc(C)cc1OC(C)C)NCc1cccc(C)n1.I. The van der Waals surface area contributed by atoms with Gasteiger partial charge in [-0.05, 0) is 58.4 Å². The molecular weight excluding hydrogens is 451 g/mol. The van der Waals surface area contributed by atoms with Crippen LogP contribution >= 0.6 is 24.0 Å². The van der Waals surface area contributed by atoms with Gasteiger partial charge in [-0.15, -0.1) is 24.0 Å². The molecule has 0 unspecified atom stereocenters. The van der Waals surface area contributed by atoms with Gasteiger partial charge >= 0.3 is 0 Å². The maximum absolute atomic E-state index is 5.94. The Morgan fingerprint density at radius 1 is 1.15 bits per heavy atom. The van der Waals surface area contributed by atoms with E-state index in [1.54, 1.807) is 0 Å². The molecule has 2 aromatic rings. The van der Waals surface area contributed by atoms with E-state index >= 15 is 0 Å². The molecule has 1 aromatic heterocycles. The van der Waals surface area contributed by atoms with Gasteiger partial charge in [0.05, 0.1) is 24.9 Å². The van der Waals surface area contributed by atoms with Gasteiger partial charge in [0.2, 0.25) is 0 Å². The van der Waals surface area contributed by atoms with Crippen molar-refractivity contribution in [1.82, 2.24) is 15.6 Å². The molecule has 0 aliphatic rings. The van der Waals surface area contributed by atoms with Gasteiger partial charge in [-0.2, -0.15) is 0 Å². The molecule has 0 amide bonds. The van der Waals surface area contributed by atoms with Gasteiger partial charge in [-0.25, -0.2) is 4.99 Å². The van der Waals surface area contributed by atoms with Crippen LogP contribution in [0.25, 0.3) is 0 Å². The Balaban J connectivity index is 0.00000364. The van der Waals surface area contributed by atoms with E-state index in [1.807, 2.05) is 39.0 Å². The third-order valence-corrected chi connectivity index (χ3v) is 3.72. The normalized spacial score (nSPS) is 11.1. The summed E-state index contributed by atoms with van der Waals surface area (Å²) in [5.74, 6) is 1.67. The molecule has 0 aliphatic carbocycles. The molecule has 0 saturated carbocycles. The summed E-state index contributed by atoms with van der Waals surface area (Å²) in [6.07, 6.45) is 0.137. The first-order chi connectivity index (χ1) is 12.5. The fourth-order valence-electron chi connectivity index (χ4n) is 2.53. The fourth-order valence-corrected chi connectivity index (χ4v) is 2.53. The van der Waals surface area contributed by atoms with Crippen molar-refractivity contribution in [3.63, 3.8) is 0 Å². The van der Waals surface area contributed by atoms with Crippen molar-refractivity contribution < 1.29 is 4.74 Å². The van der Waals surface area contributed by atoms with Crippen LogP contribution in [0.2, 0.25) is 0 Å². The number of hydrogen-bond donors (Lipinski definition) is 2. The summed E-state index contributed by atoms with van der Waals surface area (Å²) in [5, 5.41) is 6.62. The summed E-state index contributed by atoms with van der Waals surface area (Å²) in [6, 6.07) is 12.3. The van der Waals surface area contributed by atoms with Crippen LogP contribution in [-0.2, 0) is 13.1 Å². The lowest BCUT2D eigenvalue weighted by atomic mass is 10.1. The second-order valence-electron chi connectivity index (χ2n) is 6.60. The standard InChI is InChI=1S/C21H30N4O.HI/c1-6-22-21(24-14-19-9-7-8-17(5)25-19)23-13-18-11-10-16(4)12-20(18)26-15(2)3;/h7-12,15H,6,13-14H2,1-5H3,(H2,22,23,24);1H. The number of guanidine groups is 1. The second-order valence-corrected chi connectivity index (χ2v) is 6.60. The molecule has 1 aromatic carbocycles. The summed E-state index contributed by atoms with van der Waals surface area (Å²) in [6.45, 7) is 12.2. The van der Waals surface area contributed by atoms with E-state index in [0.717, 1.165) is 35.2 Å². The first kappa shape index (κ1) is 23.2. The fraction of sp³-hybridized carbons (Fsp3) is 0.429. The summed E-state index contributed by atoms with van der Waals surface area (Å²) in [5.41, 5.74) is 4.27. The van der Waals surface area contributed by atoms with Gasteiger partial charge in [-0.1, -0.05) is 18.2 Å². The summed E-state index contributed by atoms with van der Waals surface area (Å²) in [7, 11) is 0.